The summed E-state index contributed by atoms with van der Waals surface area (Å²) in [4.78, 5) is 9.91. The third kappa shape index (κ3) is 4.47. The number of benzene rings is 1. The van der Waals surface area contributed by atoms with Crippen molar-refractivity contribution in [2.24, 2.45) is 4.99 Å². The fraction of sp³-hybridized carbons (Fsp3) is 0.200. The zero-order valence-corrected chi connectivity index (χ0v) is 12.0. The van der Waals surface area contributed by atoms with Gasteiger partial charge in [-0.3, -0.25) is 0 Å². The number of aliphatic imine (C=N–C) groups is 1. The van der Waals surface area contributed by atoms with E-state index in [-0.39, 0.29) is 11.6 Å². The van der Waals surface area contributed by atoms with Crippen LogP contribution in [0.2, 0.25) is 0 Å². The Kier molecular flexibility index (Phi) is 4.65. The molecule has 0 atom stereocenters. The molecule has 2 aromatic rings. The molecule has 0 aliphatic carbocycles. The van der Waals surface area contributed by atoms with Gasteiger partial charge in [-0.05, 0) is 24.3 Å². The van der Waals surface area contributed by atoms with Gasteiger partial charge < -0.3 is 9.64 Å². The van der Waals surface area contributed by atoms with Gasteiger partial charge in [0, 0.05) is 20.2 Å². The molecule has 0 aliphatic heterocycles. The Morgan fingerprint density at radius 1 is 1.18 bits per heavy atom. The standard InChI is InChI=1S/C15H14F3N3O/c1-21(2)10-20-12-6-7-14(19-9-12)22-13-5-3-4-11(8-13)15(16,17)18/h3-10H,1-2H3. The molecule has 0 unspecified atom stereocenters. The molecule has 0 aliphatic rings. The second-order valence-electron chi connectivity index (χ2n) is 4.69. The third-order valence-corrected chi connectivity index (χ3v) is 2.54. The zero-order valence-electron chi connectivity index (χ0n) is 12.0. The van der Waals surface area contributed by atoms with E-state index < -0.39 is 11.7 Å². The molecule has 1 heterocycles. The molecule has 1 aromatic heterocycles. The molecule has 116 valence electrons. The summed E-state index contributed by atoms with van der Waals surface area (Å²) >= 11 is 0. The first-order valence-corrected chi connectivity index (χ1v) is 6.36. The summed E-state index contributed by atoms with van der Waals surface area (Å²) in [6.45, 7) is 0. The summed E-state index contributed by atoms with van der Waals surface area (Å²) < 4.78 is 43.2. The van der Waals surface area contributed by atoms with Crippen molar-refractivity contribution in [2.75, 3.05) is 14.1 Å². The maximum atomic E-state index is 12.6. The van der Waals surface area contributed by atoms with E-state index in [9.17, 15) is 13.2 Å². The fourth-order valence-corrected chi connectivity index (χ4v) is 1.55. The van der Waals surface area contributed by atoms with Crippen LogP contribution < -0.4 is 4.74 Å². The van der Waals surface area contributed by atoms with Gasteiger partial charge in [0.2, 0.25) is 5.88 Å². The number of nitrogens with zero attached hydrogens (tertiary/aromatic N) is 3. The lowest BCUT2D eigenvalue weighted by atomic mass is 10.2. The number of pyridine rings is 1. The molecular formula is C15H14F3N3O. The molecule has 0 amide bonds. The number of alkyl halides is 3. The lowest BCUT2D eigenvalue weighted by Crippen LogP contribution is -2.06. The first-order valence-electron chi connectivity index (χ1n) is 6.36. The highest BCUT2D eigenvalue weighted by Gasteiger charge is 2.30. The van der Waals surface area contributed by atoms with Crippen LogP contribution in [0.5, 0.6) is 11.6 Å². The van der Waals surface area contributed by atoms with Crippen LogP contribution >= 0.6 is 0 Å². The molecule has 2 rings (SSSR count). The minimum absolute atomic E-state index is 0.0758. The highest BCUT2D eigenvalue weighted by Crippen LogP contribution is 2.32. The van der Waals surface area contributed by atoms with Crippen LogP contribution in [-0.4, -0.2) is 30.3 Å². The average molecular weight is 309 g/mol. The monoisotopic (exact) mass is 309 g/mol. The van der Waals surface area contributed by atoms with Crippen LogP contribution in [0.3, 0.4) is 0 Å². The molecule has 0 fully saturated rings. The lowest BCUT2D eigenvalue weighted by Gasteiger charge is -2.09. The van der Waals surface area contributed by atoms with E-state index in [1.165, 1.54) is 18.3 Å². The Morgan fingerprint density at radius 3 is 2.55 bits per heavy atom. The Balaban J connectivity index is 2.11. The first-order chi connectivity index (χ1) is 10.3. The molecular weight excluding hydrogens is 295 g/mol. The Morgan fingerprint density at radius 2 is 1.95 bits per heavy atom. The molecule has 1 aromatic carbocycles. The van der Waals surface area contributed by atoms with Gasteiger partial charge in [0.15, 0.2) is 0 Å². The second-order valence-corrected chi connectivity index (χ2v) is 4.69. The molecule has 0 N–H and O–H groups in total. The van der Waals surface area contributed by atoms with Crippen molar-refractivity contribution < 1.29 is 17.9 Å². The predicted molar refractivity (Wildman–Crippen MR) is 77.6 cm³/mol. The minimum atomic E-state index is -4.41. The summed E-state index contributed by atoms with van der Waals surface area (Å²) in [6, 6.07) is 7.85. The van der Waals surface area contributed by atoms with E-state index in [1.807, 2.05) is 14.1 Å². The minimum Gasteiger partial charge on any atom is -0.439 e. The number of hydrogen-bond acceptors (Lipinski definition) is 3. The number of ether oxygens (including phenoxy) is 1. The number of hydrogen-bond donors (Lipinski definition) is 0. The van der Waals surface area contributed by atoms with E-state index >= 15 is 0 Å². The van der Waals surface area contributed by atoms with Crippen molar-refractivity contribution in [3.8, 4) is 11.6 Å². The van der Waals surface area contributed by atoms with Crippen LogP contribution in [0.4, 0.5) is 18.9 Å². The predicted octanol–water partition coefficient (Wildman–Crippen LogP) is 4.11. The SMILES string of the molecule is CN(C)C=Nc1ccc(Oc2cccc(C(F)(F)F)c2)nc1. The summed E-state index contributed by atoms with van der Waals surface area (Å²) in [6.07, 6.45) is -1.31. The fourth-order valence-electron chi connectivity index (χ4n) is 1.55. The normalized spacial score (nSPS) is 11.7. The maximum Gasteiger partial charge on any atom is 0.416 e. The van der Waals surface area contributed by atoms with Crippen LogP contribution in [-0.2, 0) is 6.18 Å². The van der Waals surface area contributed by atoms with Crippen molar-refractivity contribution in [1.29, 1.82) is 0 Å². The van der Waals surface area contributed by atoms with Crippen LogP contribution in [0.1, 0.15) is 5.56 Å². The summed E-state index contributed by atoms with van der Waals surface area (Å²) in [5.74, 6) is 0.273. The molecule has 0 radical (unpaired) electrons. The summed E-state index contributed by atoms with van der Waals surface area (Å²) in [5.41, 5.74) is -0.151. The molecule has 7 heteroatoms. The van der Waals surface area contributed by atoms with Crippen molar-refractivity contribution in [2.45, 2.75) is 6.18 Å². The van der Waals surface area contributed by atoms with E-state index in [0.717, 1.165) is 12.1 Å². The lowest BCUT2D eigenvalue weighted by molar-refractivity contribution is -0.137. The highest BCUT2D eigenvalue weighted by atomic mass is 19.4. The largest absolute Gasteiger partial charge is 0.439 e. The van der Waals surface area contributed by atoms with E-state index in [2.05, 4.69) is 9.98 Å². The maximum absolute atomic E-state index is 12.6. The second kappa shape index (κ2) is 6.46. The van der Waals surface area contributed by atoms with Crippen LogP contribution in [0, 0.1) is 0 Å². The van der Waals surface area contributed by atoms with E-state index in [1.54, 1.807) is 23.4 Å². The van der Waals surface area contributed by atoms with Gasteiger partial charge in [0.25, 0.3) is 0 Å². The van der Waals surface area contributed by atoms with Gasteiger partial charge in [-0.1, -0.05) is 6.07 Å². The topological polar surface area (TPSA) is 37.7 Å². The van der Waals surface area contributed by atoms with Crippen LogP contribution in [0.15, 0.2) is 47.6 Å². The molecule has 0 saturated heterocycles. The van der Waals surface area contributed by atoms with Gasteiger partial charge >= 0.3 is 6.18 Å². The summed E-state index contributed by atoms with van der Waals surface area (Å²) in [5, 5.41) is 0. The van der Waals surface area contributed by atoms with Gasteiger partial charge in [-0.2, -0.15) is 13.2 Å². The highest BCUT2D eigenvalue weighted by molar-refractivity contribution is 5.60. The van der Waals surface area contributed by atoms with E-state index in [0.29, 0.717) is 5.69 Å². The molecule has 0 bridgehead atoms. The van der Waals surface area contributed by atoms with Gasteiger partial charge in [-0.15, -0.1) is 0 Å². The molecule has 0 spiro atoms. The van der Waals surface area contributed by atoms with Gasteiger partial charge in [-0.25, -0.2) is 9.98 Å². The number of aromatic nitrogens is 1. The Hall–Kier alpha value is -2.57. The van der Waals surface area contributed by atoms with Crippen molar-refractivity contribution in [1.82, 2.24) is 9.88 Å². The van der Waals surface area contributed by atoms with Crippen LogP contribution in [0.25, 0.3) is 0 Å². The van der Waals surface area contributed by atoms with Crippen molar-refractivity contribution in [3.05, 3.63) is 48.2 Å². The summed E-state index contributed by atoms with van der Waals surface area (Å²) in [7, 11) is 3.67. The first kappa shape index (κ1) is 15.8. The molecule has 4 nitrogen and oxygen atoms in total. The van der Waals surface area contributed by atoms with Gasteiger partial charge in [0.05, 0.1) is 23.8 Å². The Bertz CT molecular complexity index is 652. The molecule has 0 saturated carbocycles. The number of rotatable bonds is 4. The molecule has 22 heavy (non-hydrogen) atoms. The Labute approximate surface area is 125 Å². The smallest absolute Gasteiger partial charge is 0.416 e. The van der Waals surface area contributed by atoms with Crippen molar-refractivity contribution in [3.63, 3.8) is 0 Å². The van der Waals surface area contributed by atoms with Crippen molar-refractivity contribution >= 4 is 12.0 Å². The van der Waals surface area contributed by atoms with Gasteiger partial charge in [0.1, 0.15) is 5.75 Å². The average Bonchev–Trinajstić information content (AvgIpc) is 2.46. The quantitative estimate of drug-likeness (QED) is 0.630. The number of halogens is 3. The zero-order chi connectivity index (χ0) is 16.2. The van der Waals surface area contributed by atoms with E-state index in [4.69, 9.17) is 4.74 Å². The third-order valence-electron chi connectivity index (χ3n) is 2.54.